The molecule has 0 saturated carbocycles. The van der Waals surface area contributed by atoms with Gasteiger partial charge in [0.1, 0.15) is 5.01 Å². The Morgan fingerprint density at radius 1 is 1.31 bits per heavy atom. The summed E-state index contributed by atoms with van der Waals surface area (Å²) in [6, 6.07) is 5.33. The van der Waals surface area contributed by atoms with Crippen molar-refractivity contribution in [2.45, 2.75) is 24.8 Å². The molecule has 1 fully saturated rings. The van der Waals surface area contributed by atoms with Gasteiger partial charge in [-0.3, -0.25) is 9.69 Å². The lowest BCUT2D eigenvalue weighted by Crippen LogP contribution is -2.58. The topological polar surface area (TPSA) is 111 Å². The highest BCUT2D eigenvalue weighted by Crippen LogP contribution is 2.40. The number of H-pyrrole nitrogens is 1. The summed E-state index contributed by atoms with van der Waals surface area (Å²) >= 11 is 1.30. The Morgan fingerprint density at radius 3 is 2.96 bits per heavy atom. The van der Waals surface area contributed by atoms with Gasteiger partial charge in [-0.2, -0.15) is 0 Å². The molecule has 0 spiro atoms. The zero-order chi connectivity index (χ0) is 18.1. The summed E-state index contributed by atoms with van der Waals surface area (Å²) in [5.41, 5.74) is 0.868. The van der Waals surface area contributed by atoms with Crippen molar-refractivity contribution in [2.75, 3.05) is 11.9 Å². The van der Waals surface area contributed by atoms with E-state index in [1.807, 2.05) is 0 Å². The normalized spacial score (nSPS) is 20.2. The number of likely N-dealkylation sites (tertiary alicyclic amines) is 1. The van der Waals surface area contributed by atoms with Crippen molar-refractivity contribution in [3.63, 3.8) is 0 Å². The average Bonchev–Trinajstić information content (AvgIpc) is 3.33. The highest BCUT2D eigenvalue weighted by Gasteiger charge is 2.51. The maximum absolute atomic E-state index is 13.3. The number of nitrogens with one attached hydrogen (secondary N) is 2. The fourth-order valence-electron chi connectivity index (χ4n) is 3.47. The molecule has 134 valence electrons. The van der Waals surface area contributed by atoms with Crippen LogP contribution in [0.4, 0.5) is 10.5 Å². The van der Waals surface area contributed by atoms with Crippen LogP contribution in [0.25, 0.3) is 11.0 Å². The first kappa shape index (κ1) is 16.5. The Labute approximate surface area is 152 Å². The zero-order valence-electron chi connectivity index (χ0n) is 13.8. The Kier molecular flexibility index (Phi) is 4.08. The summed E-state index contributed by atoms with van der Waals surface area (Å²) in [4.78, 5) is 37.8. The highest BCUT2D eigenvalue weighted by molar-refractivity contribution is 7.09. The summed E-state index contributed by atoms with van der Waals surface area (Å²) in [6.45, 7) is 0.307. The van der Waals surface area contributed by atoms with Crippen molar-refractivity contribution in [1.82, 2.24) is 19.9 Å². The molecule has 26 heavy (non-hydrogen) atoms. The minimum atomic E-state index is -1.30. The fraction of sp³-hybridized carbons (Fsp3) is 0.294. The predicted octanol–water partition coefficient (Wildman–Crippen LogP) is 3.02. The number of carbonyl (C=O) groups is 2. The minimum Gasteiger partial charge on any atom is -0.465 e. The van der Waals surface area contributed by atoms with Crippen LogP contribution in [-0.2, 0) is 10.3 Å². The van der Waals surface area contributed by atoms with Gasteiger partial charge < -0.3 is 15.4 Å². The van der Waals surface area contributed by atoms with Crippen LogP contribution < -0.4 is 5.32 Å². The van der Waals surface area contributed by atoms with E-state index in [0.29, 0.717) is 23.7 Å². The average molecular weight is 371 g/mol. The minimum absolute atomic E-state index is 0.307. The van der Waals surface area contributed by atoms with Crippen LogP contribution in [0.3, 0.4) is 0 Å². The summed E-state index contributed by atoms with van der Waals surface area (Å²) in [5.74, 6) is -0.381. The second kappa shape index (κ2) is 6.41. The largest absolute Gasteiger partial charge is 0.465 e. The monoisotopic (exact) mass is 371 g/mol. The number of carboxylic acid groups (broad SMARTS) is 1. The lowest BCUT2D eigenvalue weighted by molar-refractivity contribution is -0.130. The molecule has 0 radical (unpaired) electrons. The van der Waals surface area contributed by atoms with E-state index in [0.717, 1.165) is 23.9 Å². The third kappa shape index (κ3) is 2.60. The number of rotatable bonds is 3. The molecule has 1 aromatic carbocycles. The molecule has 9 heteroatoms. The Bertz CT molecular complexity index is 954. The maximum atomic E-state index is 13.3. The van der Waals surface area contributed by atoms with Crippen LogP contribution in [0.2, 0.25) is 0 Å². The van der Waals surface area contributed by atoms with Gasteiger partial charge in [-0.15, -0.1) is 11.3 Å². The molecule has 1 saturated heterocycles. The molecule has 1 aliphatic rings. The van der Waals surface area contributed by atoms with Crippen LogP contribution in [-0.4, -0.2) is 43.5 Å². The van der Waals surface area contributed by atoms with E-state index in [-0.39, 0.29) is 5.91 Å². The van der Waals surface area contributed by atoms with Crippen molar-refractivity contribution in [3.05, 3.63) is 41.1 Å². The Hall–Kier alpha value is -2.94. The fourth-order valence-corrected chi connectivity index (χ4v) is 4.34. The van der Waals surface area contributed by atoms with Crippen molar-refractivity contribution >= 4 is 40.1 Å². The van der Waals surface area contributed by atoms with Crippen LogP contribution in [0.5, 0.6) is 0 Å². The van der Waals surface area contributed by atoms with Gasteiger partial charge in [-0.05, 0) is 37.5 Å². The second-order valence-corrected chi connectivity index (χ2v) is 7.07. The number of carbonyl (C=O) groups excluding carboxylic acids is 1. The van der Waals surface area contributed by atoms with Gasteiger partial charge in [0, 0.05) is 23.8 Å². The first-order valence-corrected chi connectivity index (χ1v) is 9.14. The number of thiazole rings is 1. The lowest BCUT2D eigenvalue weighted by Gasteiger charge is -2.42. The van der Waals surface area contributed by atoms with Crippen LogP contribution >= 0.6 is 11.3 Å². The van der Waals surface area contributed by atoms with Gasteiger partial charge in [-0.25, -0.2) is 14.8 Å². The quantitative estimate of drug-likeness (QED) is 0.655. The zero-order valence-corrected chi connectivity index (χ0v) is 14.6. The number of piperidine rings is 1. The molecular formula is C17H17N5O3S. The molecule has 1 unspecified atom stereocenters. The van der Waals surface area contributed by atoms with E-state index >= 15 is 0 Å². The molecule has 3 N–H and O–H groups in total. The predicted molar refractivity (Wildman–Crippen MR) is 97.1 cm³/mol. The van der Waals surface area contributed by atoms with E-state index in [9.17, 15) is 14.7 Å². The molecule has 0 aliphatic carbocycles. The first-order valence-electron chi connectivity index (χ1n) is 8.26. The summed E-state index contributed by atoms with van der Waals surface area (Å²) in [7, 11) is 0. The van der Waals surface area contributed by atoms with E-state index < -0.39 is 11.6 Å². The molecule has 4 rings (SSSR count). The number of benzene rings is 1. The number of nitrogens with zero attached hydrogens (tertiary/aromatic N) is 3. The van der Waals surface area contributed by atoms with E-state index in [4.69, 9.17) is 0 Å². The third-order valence-corrected chi connectivity index (χ3v) is 5.63. The van der Waals surface area contributed by atoms with Gasteiger partial charge in [0.05, 0.1) is 17.4 Å². The summed E-state index contributed by atoms with van der Waals surface area (Å²) < 4.78 is 0. The van der Waals surface area contributed by atoms with E-state index in [1.165, 1.54) is 16.2 Å². The van der Waals surface area contributed by atoms with Crippen LogP contribution in [0, 0.1) is 0 Å². The number of fused-ring (bicyclic) bond motifs is 1. The van der Waals surface area contributed by atoms with E-state index in [1.54, 1.807) is 36.1 Å². The van der Waals surface area contributed by atoms with Gasteiger partial charge in [-0.1, -0.05) is 0 Å². The van der Waals surface area contributed by atoms with Gasteiger partial charge >= 0.3 is 6.09 Å². The maximum Gasteiger partial charge on any atom is 0.408 e. The summed E-state index contributed by atoms with van der Waals surface area (Å²) in [5, 5.41) is 14.9. The van der Waals surface area contributed by atoms with Crippen molar-refractivity contribution < 1.29 is 14.7 Å². The SMILES string of the molecule is O=C(O)N1CCCCC1(C(=O)Nc1ccc2nc[nH]c2c1)c1nccs1. The lowest BCUT2D eigenvalue weighted by atomic mass is 9.86. The van der Waals surface area contributed by atoms with Crippen molar-refractivity contribution in [2.24, 2.45) is 0 Å². The molecular weight excluding hydrogens is 354 g/mol. The molecule has 3 heterocycles. The first-order chi connectivity index (χ1) is 12.6. The highest BCUT2D eigenvalue weighted by atomic mass is 32.1. The third-order valence-electron chi connectivity index (χ3n) is 4.70. The van der Waals surface area contributed by atoms with Gasteiger partial charge in [0.25, 0.3) is 5.91 Å². The molecule has 1 atom stereocenters. The van der Waals surface area contributed by atoms with Gasteiger partial charge in [0.15, 0.2) is 5.54 Å². The van der Waals surface area contributed by atoms with Crippen molar-refractivity contribution in [1.29, 1.82) is 0 Å². The molecule has 8 nitrogen and oxygen atoms in total. The Morgan fingerprint density at radius 2 is 2.19 bits per heavy atom. The number of imidazole rings is 1. The number of amides is 2. The molecule has 2 aromatic heterocycles. The number of aromatic nitrogens is 3. The van der Waals surface area contributed by atoms with Gasteiger partial charge in [0.2, 0.25) is 0 Å². The van der Waals surface area contributed by atoms with Crippen molar-refractivity contribution in [3.8, 4) is 0 Å². The number of anilines is 1. The molecule has 3 aromatic rings. The molecule has 1 aliphatic heterocycles. The molecule has 2 amide bonds. The Balaban J connectivity index is 1.73. The summed E-state index contributed by atoms with van der Waals surface area (Å²) in [6.07, 6.45) is 3.97. The number of aromatic amines is 1. The number of hydrogen-bond donors (Lipinski definition) is 3. The molecule has 0 bridgehead atoms. The number of hydrogen-bond acceptors (Lipinski definition) is 5. The van der Waals surface area contributed by atoms with E-state index in [2.05, 4.69) is 20.3 Å². The second-order valence-electron chi connectivity index (χ2n) is 6.18. The van der Waals surface area contributed by atoms with Crippen LogP contribution in [0.15, 0.2) is 36.1 Å². The smallest absolute Gasteiger partial charge is 0.408 e. The van der Waals surface area contributed by atoms with Crippen LogP contribution in [0.1, 0.15) is 24.3 Å². The standard InChI is InChI=1S/C17H17N5O3S/c23-14(21-11-3-4-12-13(9-11)20-10-19-12)17(15-18-6-8-26-15)5-1-2-7-22(17)16(24)25/h3-4,6,8-10H,1-2,5,7H2,(H,19,20)(H,21,23)(H,24,25).